The number of carbonyl (C=O) groups is 1. The van der Waals surface area contributed by atoms with E-state index in [-0.39, 0.29) is 12.8 Å². The van der Waals surface area contributed by atoms with Crippen molar-refractivity contribution in [2.45, 2.75) is 32.0 Å². The molecular weight excluding hydrogens is 170 g/mol. The van der Waals surface area contributed by atoms with Gasteiger partial charge >= 0.3 is 12.6 Å². The zero-order valence-electron chi connectivity index (χ0n) is 6.59. The molecule has 0 heterocycles. The minimum absolute atomic E-state index is 0.173. The minimum Gasteiger partial charge on any atom is -0.481 e. The summed E-state index contributed by atoms with van der Waals surface area (Å²) in [5.41, 5.74) is -0.933. The van der Waals surface area contributed by atoms with Crippen molar-refractivity contribution in [3.8, 4) is 0 Å². The maximum absolute atomic E-state index is 11.7. The first-order chi connectivity index (χ1) is 5.43. The molecule has 1 rings (SSSR count). The molecule has 0 atom stereocenters. The van der Waals surface area contributed by atoms with Crippen molar-refractivity contribution in [3.05, 3.63) is 0 Å². The van der Waals surface area contributed by atoms with E-state index in [9.17, 15) is 13.6 Å². The zero-order valence-corrected chi connectivity index (χ0v) is 6.59. The van der Waals surface area contributed by atoms with Gasteiger partial charge in [0.25, 0.3) is 0 Å². The summed E-state index contributed by atoms with van der Waals surface area (Å²) in [6.07, 6.45) is 0.347. The Balaban J connectivity index is 2.35. The highest BCUT2D eigenvalue weighted by molar-refractivity contribution is 5.71. The topological polar surface area (TPSA) is 46.5 Å². The first-order valence-electron chi connectivity index (χ1n) is 3.62. The van der Waals surface area contributed by atoms with E-state index in [1.54, 1.807) is 0 Å². The molecule has 1 fully saturated rings. The van der Waals surface area contributed by atoms with Crippen molar-refractivity contribution >= 4 is 5.97 Å². The van der Waals surface area contributed by atoms with Gasteiger partial charge in [0, 0.05) is 0 Å². The number of carboxylic acid groups (broad SMARTS) is 1. The molecule has 0 aliphatic heterocycles. The fourth-order valence-corrected chi connectivity index (χ4v) is 1.47. The van der Waals surface area contributed by atoms with E-state index in [0.29, 0.717) is 0 Å². The van der Waals surface area contributed by atoms with E-state index in [4.69, 9.17) is 5.11 Å². The molecule has 70 valence electrons. The Kier molecular flexibility index (Phi) is 2.32. The predicted molar refractivity (Wildman–Crippen MR) is 35.9 cm³/mol. The monoisotopic (exact) mass is 180 g/mol. The van der Waals surface area contributed by atoms with Crippen molar-refractivity contribution in [2.75, 3.05) is 0 Å². The van der Waals surface area contributed by atoms with Crippen molar-refractivity contribution < 1.29 is 23.4 Å². The number of hydrogen-bond acceptors (Lipinski definition) is 2. The molecule has 12 heavy (non-hydrogen) atoms. The third kappa shape index (κ3) is 1.91. The fraction of sp³-hybridized carbons (Fsp3) is 0.857. The molecule has 0 spiro atoms. The van der Waals surface area contributed by atoms with Crippen LogP contribution in [0.4, 0.5) is 8.78 Å². The molecule has 1 aliphatic carbocycles. The number of aliphatic carboxylic acids is 1. The lowest BCUT2D eigenvalue weighted by molar-refractivity contribution is -0.240. The number of rotatable bonds is 3. The van der Waals surface area contributed by atoms with Crippen molar-refractivity contribution in [3.63, 3.8) is 0 Å². The van der Waals surface area contributed by atoms with Gasteiger partial charge in [-0.3, -0.25) is 4.79 Å². The van der Waals surface area contributed by atoms with Crippen LogP contribution in [0.1, 0.15) is 19.8 Å². The van der Waals surface area contributed by atoms with Gasteiger partial charge in [0.05, 0.1) is 11.5 Å². The molecule has 0 saturated heterocycles. The summed E-state index contributed by atoms with van der Waals surface area (Å²) < 4.78 is 27.7. The van der Waals surface area contributed by atoms with Gasteiger partial charge in [0.1, 0.15) is 0 Å². The van der Waals surface area contributed by atoms with E-state index in [1.165, 1.54) is 6.92 Å². The summed E-state index contributed by atoms with van der Waals surface area (Å²) >= 11 is 0. The quantitative estimate of drug-likeness (QED) is 0.715. The molecule has 0 bridgehead atoms. The third-order valence-electron chi connectivity index (χ3n) is 2.08. The van der Waals surface area contributed by atoms with Crippen LogP contribution in [0.2, 0.25) is 0 Å². The number of hydrogen-bond donors (Lipinski definition) is 1. The Morgan fingerprint density at radius 3 is 2.50 bits per heavy atom. The van der Waals surface area contributed by atoms with Crippen LogP contribution in [0.15, 0.2) is 0 Å². The lowest BCUT2D eigenvalue weighted by atomic mass is 9.72. The van der Waals surface area contributed by atoms with Crippen LogP contribution in [0.25, 0.3) is 0 Å². The summed E-state index contributed by atoms with van der Waals surface area (Å²) in [5, 5.41) is 8.46. The minimum atomic E-state index is -2.82. The second-order valence-corrected chi connectivity index (χ2v) is 3.27. The number of carboxylic acids is 1. The molecule has 0 radical (unpaired) electrons. The summed E-state index contributed by atoms with van der Waals surface area (Å²) in [5.74, 6) is -1.46. The summed E-state index contributed by atoms with van der Waals surface area (Å²) in [6, 6.07) is 0. The molecule has 5 heteroatoms. The van der Waals surface area contributed by atoms with Crippen molar-refractivity contribution in [1.82, 2.24) is 0 Å². The van der Waals surface area contributed by atoms with Gasteiger partial charge in [-0.2, -0.15) is 8.78 Å². The Labute approximate surface area is 68.3 Å². The average molecular weight is 180 g/mol. The molecule has 3 nitrogen and oxygen atoms in total. The molecule has 0 amide bonds. The number of halogens is 2. The van der Waals surface area contributed by atoms with Gasteiger partial charge in [0.15, 0.2) is 0 Å². The largest absolute Gasteiger partial charge is 0.481 e. The molecule has 0 aromatic carbocycles. The summed E-state index contributed by atoms with van der Waals surface area (Å²) in [4.78, 5) is 10.3. The van der Waals surface area contributed by atoms with Crippen LogP contribution in [0.3, 0.4) is 0 Å². The Hall–Kier alpha value is -0.710. The highest BCUT2D eigenvalue weighted by atomic mass is 19.3. The SMILES string of the molecule is CC1(OC(F)F)CC(C(=O)O)C1. The Morgan fingerprint density at radius 1 is 1.67 bits per heavy atom. The van der Waals surface area contributed by atoms with Gasteiger partial charge in [-0.25, -0.2) is 0 Å². The molecule has 1 saturated carbocycles. The molecular formula is C7H10F2O3. The van der Waals surface area contributed by atoms with Crippen molar-refractivity contribution in [2.24, 2.45) is 5.92 Å². The molecule has 1 N–H and O–H groups in total. The normalized spacial score (nSPS) is 34.8. The fourth-order valence-electron chi connectivity index (χ4n) is 1.47. The second kappa shape index (κ2) is 2.97. The van der Waals surface area contributed by atoms with E-state index in [2.05, 4.69) is 4.74 Å². The van der Waals surface area contributed by atoms with Crippen LogP contribution in [0, 0.1) is 5.92 Å². The zero-order chi connectivity index (χ0) is 9.35. The van der Waals surface area contributed by atoms with E-state index < -0.39 is 24.1 Å². The highest BCUT2D eigenvalue weighted by Gasteiger charge is 2.46. The van der Waals surface area contributed by atoms with E-state index in [1.807, 2.05) is 0 Å². The summed E-state index contributed by atoms with van der Waals surface area (Å²) in [6.45, 7) is -1.32. The molecule has 0 unspecified atom stereocenters. The lowest BCUT2D eigenvalue weighted by Gasteiger charge is -2.42. The molecule has 0 aromatic rings. The van der Waals surface area contributed by atoms with Crippen molar-refractivity contribution in [1.29, 1.82) is 0 Å². The Morgan fingerprint density at radius 2 is 2.17 bits per heavy atom. The summed E-state index contributed by atoms with van der Waals surface area (Å²) in [7, 11) is 0. The van der Waals surface area contributed by atoms with Crippen LogP contribution < -0.4 is 0 Å². The maximum atomic E-state index is 11.7. The van der Waals surface area contributed by atoms with Gasteiger partial charge in [0.2, 0.25) is 0 Å². The number of alkyl halides is 2. The Bertz CT molecular complexity index is 187. The van der Waals surface area contributed by atoms with E-state index in [0.717, 1.165) is 0 Å². The van der Waals surface area contributed by atoms with Crippen LogP contribution in [-0.4, -0.2) is 23.3 Å². The first-order valence-corrected chi connectivity index (χ1v) is 3.62. The lowest BCUT2D eigenvalue weighted by Crippen LogP contribution is -2.47. The smallest absolute Gasteiger partial charge is 0.345 e. The standard InChI is InChI=1S/C7H10F2O3/c1-7(12-6(8)9)2-4(3-7)5(10)11/h4,6H,2-3H2,1H3,(H,10,11). The van der Waals surface area contributed by atoms with Gasteiger partial charge in [-0.1, -0.05) is 0 Å². The first kappa shape index (κ1) is 9.38. The van der Waals surface area contributed by atoms with Crippen LogP contribution in [-0.2, 0) is 9.53 Å². The average Bonchev–Trinajstić information content (AvgIpc) is 1.80. The molecule has 0 aromatic heterocycles. The third-order valence-corrected chi connectivity index (χ3v) is 2.08. The van der Waals surface area contributed by atoms with Crippen LogP contribution in [0.5, 0.6) is 0 Å². The highest BCUT2D eigenvalue weighted by Crippen LogP contribution is 2.41. The van der Waals surface area contributed by atoms with E-state index >= 15 is 0 Å². The molecule has 1 aliphatic rings. The van der Waals surface area contributed by atoms with Gasteiger partial charge < -0.3 is 9.84 Å². The predicted octanol–water partition coefficient (Wildman–Crippen LogP) is 1.48. The van der Waals surface area contributed by atoms with Gasteiger partial charge in [-0.05, 0) is 19.8 Å². The van der Waals surface area contributed by atoms with Gasteiger partial charge in [-0.15, -0.1) is 0 Å². The maximum Gasteiger partial charge on any atom is 0.345 e. The second-order valence-electron chi connectivity index (χ2n) is 3.27. The van der Waals surface area contributed by atoms with Crippen LogP contribution >= 0.6 is 0 Å². The number of ether oxygens (including phenoxy) is 1.